The number of rotatable bonds is 6. The smallest absolute Gasteiger partial charge is 0.263 e. The lowest BCUT2D eigenvalue weighted by atomic mass is 9.90. The van der Waals surface area contributed by atoms with Crippen LogP contribution in [0.25, 0.3) is 38.6 Å². The standard InChI is InChI=1S/C35H30ClN5O3/c1-21(40-34-30-28(42)14-17-37-33(30)38-20-39-34)32-31(36)27-9-5-8-26(29(27)35(43)41(32)25-6-3-2-4-7-25)24-12-10-22(11-13-24)23-15-18-44-19-16-23/h2-14,17,20-21,23H,15-16,18-19H2,1H3,(H2,37,38,39,40,42)/t21-/m0/s1. The van der Waals surface area contributed by atoms with Crippen LogP contribution in [0.1, 0.15) is 43.0 Å². The summed E-state index contributed by atoms with van der Waals surface area (Å²) in [5.41, 5.74) is 4.31. The summed E-state index contributed by atoms with van der Waals surface area (Å²) in [6, 6.07) is 24.7. The van der Waals surface area contributed by atoms with Crippen LogP contribution in [0, 0.1) is 0 Å². The average Bonchev–Trinajstić information content (AvgIpc) is 3.07. The summed E-state index contributed by atoms with van der Waals surface area (Å²) in [6.07, 6.45) is 4.96. The van der Waals surface area contributed by atoms with E-state index in [-0.39, 0.29) is 11.0 Å². The first kappa shape index (κ1) is 28.0. The Morgan fingerprint density at radius 1 is 0.932 bits per heavy atom. The fourth-order valence-electron chi connectivity index (χ4n) is 6.24. The highest BCUT2D eigenvalue weighted by molar-refractivity contribution is 6.36. The van der Waals surface area contributed by atoms with E-state index >= 15 is 0 Å². The lowest BCUT2D eigenvalue weighted by Gasteiger charge is -2.24. The maximum Gasteiger partial charge on any atom is 0.263 e. The second kappa shape index (κ2) is 11.7. The average molecular weight is 604 g/mol. The monoisotopic (exact) mass is 603 g/mol. The van der Waals surface area contributed by atoms with Crippen molar-refractivity contribution in [3.05, 3.63) is 128 Å². The first-order chi connectivity index (χ1) is 21.5. The number of benzene rings is 3. The van der Waals surface area contributed by atoms with Gasteiger partial charge in [0.25, 0.3) is 5.56 Å². The van der Waals surface area contributed by atoms with Gasteiger partial charge in [-0.1, -0.05) is 72.3 Å². The molecule has 1 saturated heterocycles. The van der Waals surface area contributed by atoms with Gasteiger partial charge in [-0.25, -0.2) is 9.97 Å². The highest BCUT2D eigenvalue weighted by atomic mass is 35.5. The third kappa shape index (κ3) is 4.96. The molecule has 0 saturated carbocycles. The molecule has 0 amide bonds. The molecular formula is C35H30ClN5O3. The Morgan fingerprint density at radius 3 is 2.48 bits per heavy atom. The second-order valence-corrected chi connectivity index (χ2v) is 11.4. The number of para-hydroxylation sites is 1. The van der Waals surface area contributed by atoms with E-state index < -0.39 is 6.04 Å². The number of pyridine rings is 2. The van der Waals surface area contributed by atoms with Crippen molar-refractivity contribution in [1.29, 1.82) is 0 Å². The van der Waals surface area contributed by atoms with Crippen molar-refractivity contribution in [2.45, 2.75) is 31.7 Å². The molecule has 0 radical (unpaired) electrons. The van der Waals surface area contributed by atoms with E-state index in [1.807, 2.05) is 55.5 Å². The van der Waals surface area contributed by atoms with Crippen LogP contribution < -0.4 is 16.3 Å². The molecule has 9 heteroatoms. The quantitative estimate of drug-likeness (QED) is 0.212. The number of nitrogens with one attached hydrogen (secondary N) is 2. The van der Waals surface area contributed by atoms with Gasteiger partial charge in [0.1, 0.15) is 23.2 Å². The molecule has 8 nitrogen and oxygen atoms in total. The summed E-state index contributed by atoms with van der Waals surface area (Å²) >= 11 is 7.25. The zero-order valence-electron chi connectivity index (χ0n) is 24.1. The number of hydrogen-bond acceptors (Lipinski definition) is 6. The third-order valence-electron chi connectivity index (χ3n) is 8.42. The predicted octanol–water partition coefficient (Wildman–Crippen LogP) is 7.01. The SMILES string of the molecule is C[C@H](Nc1ncnc2[nH]ccc(=O)c12)c1c(Cl)c2cccc(-c3ccc(C4CCOCC4)cc3)c2c(=O)n1-c1ccccc1. The molecule has 3 aromatic carbocycles. The molecule has 0 aliphatic carbocycles. The van der Waals surface area contributed by atoms with E-state index in [0.717, 1.165) is 37.2 Å². The maximum absolute atomic E-state index is 14.6. The number of ether oxygens (including phenoxy) is 1. The highest BCUT2D eigenvalue weighted by Crippen LogP contribution is 2.37. The minimum atomic E-state index is -0.514. The number of fused-ring (bicyclic) bond motifs is 2. The van der Waals surface area contributed by atoms with Crippen molar-refractivity contribution in [2.75, 3.05) is 18.5 Å². The zero-order valence-corrected chi connectivity index (χ0v) is 24.8. The molecule has 0 unspecified atom stereocenters. The highest BCUT2D eigenvalue weighted by Gasteiger charge is 2.24. The maximum atomic E-state index is 14.6. The molecule has 1 aliphatic rings. The van der Waals surface area contributed by atoms with E-state index in [4.69, 9.17) is 16.3 Å². The summed E-state index contributed by atoms with van der Waals surface area (Å²) in [4.78, 5) is 38.9. The molecule has 7 rings (SSSR count). The minimum absolute atomic E-state index is 0.186. The van der Waals surface area contributed by atoms with Crippen molar-refractivity contribution in [3.8, 4) is 16.8 Å². The molecule has 44 heavy (non-hydrogen) atoms. The summed E-state index contributed by atoms with van der Waals surface area (Å²) in [7, 11) is 0. The lowest BCUT2D eigenvalue weighted by molar-refractivity contribution is 0.0853. The van der Waals surface area contributed by atoms with Gasteiger partial charge in [0, 0.05) is 36.6 Å². The summed E-state index contributed by atoms with van der Waals surface area (Å²) in [5.74, 6) is 0.833. The topological polar surface area (TPSA) is 102 Å². The van der Waals surface area contributed by atoms with Gasteiger partial charge in [0.2, 0.25) is 0 Å². The first-order valence-corrected chi connectivity index (χ1v) is 15.1. The van der Waals surface area contributed by atoms with Crippen LogP contribution in [0.5, 0.6) is 0 Å². The molecule has 4 heterocycles. The van der Waals surface area contributed by atoms with Crippen molar-refractivity contribution in [1.82, 2.24) is 19.5 Å². The number of nitrogens with zero attached hydrogens (tertiary/aromatic N) is 3. The number of hydrogen-bond donors (Lipinski definition) is 2. The van der Waals surface area contributed by atoms with Gasteiger partial charge in [0.15, 0.2) is 5.43 Å². The molecule has 2 N–H and O–H groups in total. The van der Waals surface area contributed by atoms with Crippen LogP contribution in [0.15, 0.2) is 101 Å². The molecule has 0 bridgehead atoms. The molecule has 0 spiro atoms. The fraction of sp³-hybridized carbons (Fsp3) is 0.200. The third-order valence-corrected chi connectivity index (χ3v) is 8.82. The molecule has 1 atom stereocenters. The Bertz CT molecular complexity index is 2100. The Balaban J connectivity index is 1.39. The van der Waals surface area contributed by atoms with Gasteiger partial charge in [0.05, 0.1) is 22.1 Å². The molecule has 1 aliphatic heterocycles. The summed E-state index contributed by atoms with van der Waals surface area (Å²) in [5, 5.41) is 5.32. The number of H-pyrrole nitrogens is 1. The van der Waals surface area contributed by atoms with E-state index in [0.29, 0.717) is 49.9 Å². The lowest BCUT2D eigenvalue weighted by Crippen LogP contribution is -2.27. The molecule has 6 aromatic rings. The van der Waals surface area contributed by atoms with Crippen molar-refractivity contribution >= 4 is 39.2 Å². The van der Waals surface area contributed by atoms with E-state index in [1.54, 1.807) is 10.8 Å². The predicted molar refractivity (Wildman–Crippen MR) is 175 cm³/mol. The Hall–Kier alpha value is -4.79. The van der Waals surface area contributed by atoms with Crippen LogP contribution in [0.3, 0.4) is 0 Å². The van der Waals surface area contributed by atoms with Crippen LogP contribution in [0.2, 0.25) is 5.02 Å². The number of aromatic amines is 1. The van der Waals surface area contributed by atoms with Crippen molar-refractivity contribution in [2.24, 2.45) is 0 Å². The largest absolute Gasteiger partial charge is 0.381 e. The van der Waals surface area contributed by atoms with Crippen molar-refractivity contribution in [3.63, 3.8) is 0 Å². The Kier molecular flexibility index (Phi) is 7.46. The normalized spacial score (nSPS) is 14.6. The van der Waals surface area contributed by atoms with Crippen LogP contribution in [-0.2, 0) is 4.74 Å². The molecule has 1 fully saturated rings. The minimum Gasteiger partial charge on any atom is -0.381 e. The van der Waals surface area contributed by atoms with Crippen LogP contribution in [-0.4, -0.2) is 32.7 Å². The van der Waals surface area contributed by atoms with Gasteiger partial charge in [-0.05, 0) is 54.5 Å². The number of anilines is 1. The molecule has 3 aromatic heterocycles. The molecular weight excluding hydrogens is 574 g/mol. The fourth-order valence-corrected chi connectivity index (χ4v) is 6.64. The van der Waals surface area contributed by atoms with E-state index in [2.05, 4.69) is 44.5 Å². The van der Waals surface area contributed by atoms with Crippen molar-refractivity contribution < 1.29 is 4.74 Å². The van der Waals surface area contributed by atoms with Crippen LogP contribution >= 0.6 is 11.6 Å². The van der Waals surface area contributed by atoms with Crippen LogP contribution in [0.4, 0.5) is 5.82 Å². The van der Waals surface area contributed by atoms with E-state index in [9.17, 15) is 9.59 Å². The van der Waals surface area contributed by atoms with Gasteiger partial charge in [-0.2, -0.15) is 0 Å². The number of aromatic nitrogens is 4. The first-order valence-electron chi connectivity index (χ1n) is 14.7. The Labute approximate surface area is 258 Å². The summed E-state index contributed by atoms with van der Waals surface area (Å²) < 4.78 is 7.21. The van der Waals surface area contributed by atoms with Gasteiger partial charge in [-0.3, -0.25) is 14.2 Å². The number of halogens is 1. The Morgan fingerprint density at radius 2 is 1.70 bits per heavy atom. The van der Waals surface area contributed by atoms with Gasteiger partial charge in [-0.15, -0.1) is 0 Å². The molecule has 220 valence electrons. The zero-order chi connectivity index (χ0) is 30.2. The second-order valence-electron chi connectivity index (χ2n) is 11.1. The van der Waals surface area contributed by atoms with Gasteiger partial charge < -0.3 is 15.0 Å². The summed E-state index contributed by atoms with van der Waals surface area (Å²) in [6.45, 7) is 3.47. The van der Waals surface area contributed by atoms with E-state index in [1.165, 1.54) is 18.0 Å². The van der Waals surface area contributed by atoms with Gasteiger partial charge >= 0.3 is 0 Å².